The van der Waals surface area contributed by atoms with Gasteiger partial charge in [0.15, 0.2) is 11.6 Å². The van der Waals surface area contributed by atoms with Crippen molar-refractivity contribution < 1.29 is 0 Å². The van der Waals surface area contributed by atoms with Crippen molar-refractivity contribution in [2.75, 3.05) is 22.9 Å². The van der Waals surface area contributed by atoms with E-state index in [4.69, 9.17) is 17.3 Å². The van der Waals surface area contributed by atoms with E-state index in [1.807, 2.05) is 24.3 Å². The predicted molar refractivity (Wildman–Crippen MR) is 140 cm³/mol. The van der Waals surface area contributed by atoms with Gasteiger partial charge in [0.1, 0.15) is 12.0 Å². The summed E-state index contributed by atoms with van der Waals surface area (Å²) in [5, 5.41) is 7.22. The van der Waals surface area contributed by atoms with Crippen molar-refractivity contribution >= 4 is 34.6 Å². The van der Waals surface area contributed by atoms with Crippen molar-refractivity contribution in [3.8, 4) is 0 Å². The lowest BCUT2D eigenvalue weighted by Crippen LogP contribution is -2.09. The zero-order chi connectivity index (χ0) is 22.9. The van der Waals surface area contributed by atoms with Gasteiger partial charge in [-0.25, -0.2) is 9.97 Å². The molecule has 0 unspecified atom stereocenters. The van der Waals surface area contributed by atoms with Gasteiger partial charge >= 0.3 is 0 Å². The summed E-state index contributed by atoms with van der Waals surface area (Å²) in [5.41, 5.74) is 7.62. The number of unbranched alkanes of at least 4 members (excludes halogenated alkanes) is 13. The number of anilines is 4. The molecule has 0 spiro atoms. The third-order valence-electron chi connectivity index (χ3n) is 5.79. The zero-order valence-electron chi connectivity index (χ0n) is 19.8. The Kier molecular flexibility index (Phi) is 13.6. The molecule has 0 saturated heterocycles. The van der Waals surface area contributed by atoms with Gasteiger partial charge in [-0.2, -0.15) is 0 Å². The largest absolute Gasteiger partial charge is 0.393 e. The van der Waals surface area contributed by atoms with Gasteiger partial charge in [-0.3, -0.25) is 0 Å². The number of nitrogens with zero attached hydrogens (tertiary/aromatic N) is 2. The summed E-state index contributed by atoms with van der Waals surface area (Å²) in [7, 11) is 0. The summed E-state index contributed by atoms with van der Waals surface area (Å²) in [6.45, 7) is 3.15. The lowest BCUT2D eigenvalue weighted by molar-refractivity contribution is 0.537. The van der Waals surface area contributed by atoms with Crippen LogP contribution in [0.15, 0.2) is 30.6 Å². The average Bonchev–Trinajstić information content (AvgIpc) is 2.79. The van der Waals surface area contributed by atoms with Crippen LogP contribution in [0.4, 0.5) is 23.0 Å². The van der Waals surface area contributed by atoms with Crippen LogP contribution in [0, 0.1) is 0 Å². The van der Waals surface area contributed by atoms with Crippen LogP contribution in [0.25, 0.3) is 0 Å². The van der Waals surface area contributed by atoms with Gasteiger partial charge in [0, 0.05) is 17.3 Å². The average molecular weight is 460 g/mol. The molecule has 0 aliphatic heterocycles. The van der Waals surface area contributed by atoms with Gasteiger partial charge in [-0.05, 0) is 24.6 Å². The van der Waals surface area contributed by atoms with E-state index < -0.39 is 0 Å². The number of hydrogen-bond donors (Lipinski definition) is 3. The molecule has 2 aromatic rings. The molecule has 0 aliphatic rings. The lowest BCUT2D eigenvalue weighted by atomic mass is 10.0. The number of nitrogen functional groups attached to an aromatic ring is 1. The summed E-state index contributed by atoms with van der Waals surface area (Å²) in [5.74, 6) is 1.27. The Morgan fingerprint density at radius 2 is 1.34 bits per heavy atom. The maximum atomic E-state index is 6.25. The molecular formula is C26H42ClN5. The minimum Gasteiger partial charge on any atom is -0.393 e. The molecule has 0 bridgehead atoms. The fourth-order valence-corrected chi connectivity index (χ4v) is 4.06. The molecule has 0 atom stereocenters. The molecule has 178 valence electrons. The molecule has 6 heteroatoms. The SMILES string of the molecule is CCCCCCCCCCCCCCCCNc1ncnc(Nc2cccc(Cl)c2)c1N. The molecule has 2 rings (SSSR count). The summed E-state index contributed by atoms with van der Waals surface area (Å²) >= 11 is 6.04. The van der Waals surface area contributed by atoms with Crippen LogP contribution in [-0.4, -0.2) is 16.5 Å². The van der Waals surface area contributed by atoms with Crippen molar-refractivity contribution in [2.24, 2.45) is 0 Å². The minimum absolute atomic E-state index is 0.526. The number of aromatic nitrogens is 2. The van der Waals surface area contributed by atoms with Gasteiger partial charge in [0.2, 0.25) is 0 Å². The summed E-state index contributed by atoms with van der Waals surface area (Å²) < 4.78 is 0. The topological polar surface area (TPSA) is 75.9 Å². The second-order valence-electron chi connectivity index (χ2n) is 8.64. The molecular weight excluding hydrogens is 418 g/mol. The third kappa shape index (κ3) is 11.0. The van der Waals surface area contributed by atoms with E-state index in [-0.39, 0.29) is 0 Å². The smallest absolute Gasteiger partial charge is 0.159 e. The van der Waals surface area contributed by atoms with Crippen molar-refractivity contribution in [1.82, 2.24) is 9.97 Å². The number of halogens is 1. The first kappa shape index (κ1) is 26.2. The van der Waals surface area contributed by atoms with Crippen LogP contribution in [0.3, 0.4) is 0 Å². The first-order valence-corrected chi connectivity index (χ1v) is 13.0. The summed E-state index contributed by atoms with van der Waals surface area (Å²) in [4.78, 5) is 8.54. The van der Waals surface area contributed by atoms with Crippen molar-refractivity contribution in [3.05, 3.63) is 35.6 Å². The van der Waals surface area contributed by atoms with Crippen LogP contribution in [0.2, 0.25) is 5.02 Å². The highest BCUT2D eigenvalue weighted by Gasteiger charge is 2.08. The van der Waals surface area contributed by atoms with Gasteiger partial charge in [-0.1, -0.05) is 108 Å². The third-order valence-corrected chi connectivity index (χ3v) is 6.03. The van der Waals surface area contributed by atoms with E-state index in [0.717, 1.165) is 18.7 Å². The highest BCUT2D eigenvalue weighted by atomic mass is 35.5. The highest BCUT2D eigenvalue weighted by molar-refractivity contribution is 6.30. The molecule has 0 aliphatic carbocycles. The van der Waals surface area contributed by atoms with E-state index >= 15 is 0 Å². The molecule has 0 radical (unpaired) electrons. The maximum Gasteiger partial charge on any atom is 0.159 e. The van der Waals surface area contributed by atoms with Crippen LogP contribution >= 0.6 is 11.6 Å². The van der Waals surface area contributed by atoms with Crippen molar-refractivity contribution in [2.45, 2.75) is 96.8 Å². The summed E-state index contributed by atoms with van der Waals surface area (Å²) in [6.07, 6.45) is 20.6. The Hall–Kier alpha value is -2.01. The van der Waals surface area contributed by atoms with E-state index in [1.54, 1.807) is 0 Å². The van der Waals surface area contributed by atoms with Gasteiger partial charge in [-0.15, -0.1) is 0 Å². The first-order chi connectivity index (χ1) is 15.7. The number of nitrogens with one attached hydrogen (secondary N) is 2. The predicted octanol–water partition coefficient (Wildman–Crippen LogP) is 8.35. The second kappa shape index (κ2) is 16.6. The Bertz CT molecular complexity index is 753. The first-order valence-electron chi connectivity index (χ1n) is 12.6. The number of benzene rings is 1. The number of nitrogens with two attached hydrogens (primary N) is 1. The van der Waals surface area contributed by atoms with Crippen LogP contribution < -0.4 is 16.4 Å². The van der Waals surface area contributed by atoms with E-state index in [1.165, 1.54) is 89.8 Å². The molecule has 1 heterocycles. The standard InChI is InChI=1S/C26H42ClN5/c1-2-3-4-5-6-7-8-9-10-11-12-13-14-15-19-29-25-24(28)26(31-21-30-25)32-23-18-16-17-22(27)20-23/h16-18,20-21H,2-15,19,28H2,1H3,(H2,29,30,31,32). The van der Waals surface area contributed by atoms with Gasteiger partial charge in [0.05, 0.1) is 0 Å². The molecule has 5 nitrogen and oxygen atoms in total. The maximum absolute atomic E-state index is 6.25. The second-order valence-corrected chi connectivity index (χ2v) is 9.08. The van der Waals surface area contributed by atoms with Crippen LogP contribution in [0.5, 0.6) is 0 Å². The zero-order valence-corrected chi connectivity index (χ0v) is 20.6. The Labute approximate surface area is 200 Å². The van der Waals surface area contributed by atoms with E-state index in [2.05, 4.69) is 27.5 Å². The Morgan fingerprint density at radius 1 is 0.781 bits per heavy atom. The molecule has 1 aromatic carbocycles. The molecule has 0 amide bonds. The van der Waals surface area contributed by atoms with Crippen molar-refractivity contribution in [3.63, 3.8) is 0 Å². The summed E-state index contributed by atoms with van der Waals surface area (Å²) in [6, 6.07) is 7.48. The minimum atomic E-state index is 0.526. The normalized spacial score (nSPS) is 10.9. The van der Waals surface area contributed by atoms with E-state index in [9.17, 15) is 0 Å². The Morgan fingerprint density at radius 3 is 1.94 bits per heavy atom. The molecule has 32 heavy (non-hydrogen) atoms. The monoisotopic (exact) mass is 459 g/mol. The quantitative estimate of drug-likeness (QED) is 0.195. The number of rotatable bonds is 18. The fourth-order valence-electron chi connectivity index (χ4n) is 3.87. The number of hydrogen-bond acceptors (Lipinski definition) is 5. The Balaban J connectivity index is 1.51. The molecule has 0 saturated carbocycles. The van der Waals surface area contributed by atoms with Gasteiger partial charge < -0.3 is 16.4 Å². The van der Waals surface area contributed by atoms with Crippen molar-refractivity contribution in [1.29, 1.82) is 0 Å². The van der Waals surface area contributed by atoms with Gasteiger partial charge in [0.25, 0.3) is 0 Å². The fraction of sp³-hybridized carbons (Fsp3) is 0.615. The molecule has 4 N–H and O–H groups in total. The highest BCUT2D eigenvalue weighted by Crippen LogP contribution is 2.26. The van der Waals surface area contributed by atoms with Crippen LogP contribution in [0.1, 0.15) is 96.8 Å². The lowest BCUT2D eigenvalue weighted by Gasteiger charge is -2.12. The van der Waals surface area contributed by atoms with E-state index in [0.29, 0.717) is 22.3 Å². The molecule has 0 fully saturated rings. The molecule has 1 aromatic heterocycles. The van der Waals surface area contributed by atoms with Crippen LogP contribution in [-0.2, 0) is 0 Å².